The molecule has 7 heteroatoms. The Morgan fingerprint density at radius 2 is 1.82 bits per heavy atom. The predicted molar refractivity (Wildman–Crippen MR) is 165 cm³/mol. The van der Waals surface area contributed by atoms with Gasteiger partial charge in [0.1, 0.15) is 11.4 Å². The van der Waals surface area contributed by atoms with Crippen molar-refractivity contribution in [1.82, 2.24) is 9.97 Å². The lowest BCUT2D eigenvalue weighted by Gasteiger charge is -2.28. The number of carbonyl (C=O) groups excluding carboxylic acids is 1. The van der Waals surface area contributed by atoms with Gasteiger partial charge in [-0.25, -0.2) is 9.78 Å². The number of hydrogen-bond donors (Lipinski definition) is 2. The van der Waals surface area contributed by atoms with Gasteiger partial charge in [0, 0.05) is 11.9 Å². The third-order valence-electron chi connectivity index (χ3n) is 6.47. The van der Waals surface area contributed by atoms with Crippen LogP contribution in [-0.2, 0) is 4.74 Å². The van der Waals surface area contributed by atoms with E-state index in [2.05, 4.69) is 34.1 Å². The molecule has 0 aromatic carbocycles. The number of hydrogen-bond acceptors (Lipinski definition) is 6. The average Bonchev–Trinajstić information content (AvgIpc) is 2.77. The second-order valence-electron chi connectivity index (χ2n) is 11.6. The maximum absolute atomic E-state index is 12.3. The van der Waals surface area contributed by atoms with Crippen LogP contribution >= 0.6 is 0 Å². The summed E-state index contributed by atoms with van der Waals surface area (Å²) in [6.07, 6.45) is 13.8. The summed E-state index contributed by atoms with van der Waals surface area (Å²) in [5, 5.41) is 3.26. The summed E-state index contributed by atoms with van der Waals surface area (Å²) < 4.78 is 5.35. The molecule has 0 bridgehead atoms. The molecule has 0 saturated heterocycles. The van der Waals surface area contributed by atoms with Crippen LogP contribution in [0.3, 0.4) is 0 Å². The van der Waals surface area contributed by atoms with E-state index < -0.39 is 11.7 Å². The van der Waals surface area contributed by atoms with Crippen LogP contribution in [0.2, 0.25) is 0 Å². The molecule has 1 amide bonds. The van der Waals surface area contributed by atoms with Crippen molar-refractivity contribution < 1.29 is 9.53 Å². The number of carbonyl (C=O) groups is 1. The number of ether oxygens (including phenoxy) is 1. The molecular weight excluding hydrogens is 486 g/mol. The molecule has 1 aliphatic rings. The molecule has 1 fully saturated rings. The predicted octanol–water partition coefficient (Wildman–Crippen LogP) is 8.45. The summed E-state index contributed by atoms with van der Waals surface area (Å²) in [4.78, 5) is 25.0. The van der Waals surface area contributed by atoms with Gasteiger partial charge in [0.05, 0.1) is 23.3 Å². The molecule has 1 aromatic rings. The number of amides is 1. The second kappa shape index (κ2) is 16.0. The van der Waals surface area contributed by atoms with E-state index in [-0.39, 0.29) is 0 Å². The zero-order chi connectivity index (χ0) is 29.8. The van der Waals surface area contributed by atoms with Gasteiger partial charge in [-0.3, -0.25) is 4.98 Å². The highest BCUT2D eigenvalue weighted by atomic mass is 16.6. The minimum absolute atomic E-state index is 0.556. The van der Waals surface area contributed by atoms with Crippen molar-refractivity contribution in [3.8, 4) is 0 Å². The molecule has 1 heterocycles. The van der Waals surface area contributed by atoms with Crippen molar-refractivity contribution in [2.24, 2.45) is 22.6 Å². The Morgan fingerprint density at radius 3 is 2.26 bits per heavy atom. The van der Waals surface area contributed by atoms with E-state index in [1.807, 2.05) is 80.5 Å². The smallest absolute Gasteiger partial charge is 0.434 e. The van der Waals surface area contributed by atoms with Gasteiger partial charge in [0.25, 0.3) is 0 Å². The van der Waals surface area contributed by atoms with E-state index in [0.29, 0.717) is 17.2 Å². The van der Waals surface area contributed by atoms with Crippen molar-refractivity contribution in [3.63, 3.8) is 0 Å². The van der Waals surface area contributed by atoms with E-state index in [0.717, 1.165) is 46.4 Å². The lowest BCUT2D eigenvalue weighted by Crippen LogP contribution is -2.22. The number of aromatic nitrogens is 2. The molecule has 3 N–H and O–H groups in total. The highest BCUT2D eigenvalue weighted by molar-refractivity contribution is 6.12. The van der Waals surface area contributed by atoms with E-state index in [9.17, 15) is 4.79 Å². The molecule has 0 unspecified atom stereocenters. The van der Waals surface area contributed by atoms with Crippen LogP contribution in [0, 0.1) is 18.8 Å². The molecule has 7 nitrogen and oxygen atoms in total. The fourth-order valence-electron chi connectivity index (χ4n) is 3.82. The van der Waals surface area contributed by atoms with Crippen LogP contribution in [0.15, 0.2) is 63.7 Å². The first kappa shape index (κ1) is 33.8. The van der Waals surface area contributed by atoms with Gasteiger partial charge >= 0.3 is 6.09 Å². The quantitative estimate of drug-likeness (QED) is 0.255. The molecule has 1 saturated carbocycles. The number of allylic oxidation sites excluding steroid dienone is 7. The van der Waals surface area contributed by atoms with Crippen molar-refractivity contribution in [2.75, 3.05) is 5.32 Å². The van der Waals surface area contributed by atoms with Crippen LogP contribution < -0.4 is 11.1 Å². The lowest BCUT2D eigenvalue weighted by molar-refractivity contribution is 0.0604. The standard InChI is InChI=1S/C25H37N5O2.C7H14/c1-10-11-17(3)21(29-24(31)32-25(7,8)9)13-12-16(2)19(5)23(20(6)26)30-22-15-27-14-18(4)28-22;1-6(2)7-4-3-5-7/h11-15H,10,26H2,1-9H3,(H,28,30);6-7H,3-5H2,1-2H3/b13-12-,17-11+,19-16-,23-20+,29-21+;. The van der Waals surface area contributed by atoms with Gasteiger partial charge in [0.15, 0.2) is 0 Å². The third kappa shape index (κ3) is 12.9. The second-order valence-corrected chi connectivity index (χ2v) is 11.6. The molecule has 1 aliphatic carbocycles. The molecule has 39 heavy (non-hydrogen) atoms. The Hall–Kier alpha value is -3.22. The molecule has 216 valence electrons. The zero-order valence-electron chi connectivity index (χ0n) is 26.1. The fraction of sp³-hybridized carbons (Fsp3) is 0.562. The largest absolute Gasteiger partial charge is 0.442 e. The molecular formula is C32H51N5O2. The maximum atomic E-state index is 12.3. The van der Waals surface area contributed by atoms with E-state index >= 15 is 0 Å². The first-order chi connectivity index (χ1) is 18.1. The van der Waals surface area contributed by atoms with Gasteiger partial charge in [-0.05, 0) is 96.4 Å². The lowest BCUT2D eigenvalue weighted by atomic mass is 9.78. The highest BCUT2D eigenvalue weighted by Gasteiger charge is 2.20. The number of nitrogens with one attached hydrogen (secondary N) is 1. The Kier molecular flexibility index (Phi) is 13.9. The van der Waals surface area contributed by atoms with Crippen LogP contribution in [0.4, 0.5) is 10.6 Å². The van der Waals surface area contributed by atoms with Crippen LogP contribution in [0.5, 0.6) is 0 Å². The summed E-state index contributed by atoms with van der Waals surface area (Å²) >= 11 is 0. The Labute approximate surface area is 236 Å². The van der Waals surface area contributed by atoms with Crippen LogP contribution in [0.25, 0.3) is 0 Å². The van der Waals surface area contributed by atoms with Crippen molar-refractivity contribution in [2.45, 2.75) is 107 Å². The molecule has 0 atom stereocenters. The summed E-state index contributed by atoms with van der Waals surface area (Å²) in [6, 6.07) is 0. The third-order valence-corrected chi connectivity index (χ3v) is 6.47. The molecule has 0 aliphatic heterocycles. The van der Waals surface area contributed by atoms with Gasteiger partial charge in [-0.2, -0.15) is 4.99 Å². The van der Waals surface area contributed by atoms with Crippen molar-refractivity contribution >= 4 is 17.6 Å². The number of nitrogens with zero attached hydrogens (tertiary/aromatic N) is 3. The highest BCUT2D eigenvalue weighted by Crippen LogP contribution is 2.32. The van der Waals surface area contributed by atoms with Gasteiger partial charge < -0.3 is 15.8 Å². The summed E-state index contributed by atoms with van der Waals surface area (Å²) in [5.74, 6) is 2.66. The number of aryl methyl sites for hydroxylation is 1. The number of rotatable bonds is 8. The minimum atomic E-state index is -0.613. The Balaban J connectivity index is 0.000000934. The Morgan fingerprint density at radius 1 is 1.18 bits per heavy atom. The van der Waals surface area contributed by atoms with E-state index in [4.69, 9.17) is 10.5 Å². The maximum Gasteiger partial charge on any atom is 0.434 e. The number of aliphatic imine (C=N–C) groups is 1. The van der Waals surface area contributed by atoms with E-state index in [1.54, 1.807) is 12.4 Å². The van der Waals surface area contributed by atoms with E-state index in [1.165, 1.54) is 19.3 Å². The first-order valence-corrected chi connectivity index (χ1v) is 14.0. The zero-order valence-corrected chi connectivity index (χ0v) is 26.1. The van der Waals surface area contributed by atoms with Crippen molar-refractivity contribution in [1.29, 1.82) is 0 Å². The average molecular weight is 538 g/mol. The summed E-state index contributed by atoms with van der Waals surface area (Å²) in [5.41, 5.74) is 11.1. The summed E-state index contributed by atoms with van der Waals surface area (Å²) in [7, 11) is 0. The van der Waals surface area contributed by atoms with Gasteiger partial charge in [-0.1, -0.05) is 52.2 Å². The van der Waals surface area contributed by atoms with Crippen molar-refractivity contribution in [3.05, 3.63) is 64.4 Å². The number of anilines is 1. The molecule has 2 rings (SSSR count). The SMILES string of the molecule is CC(C)C1CCC1.CC/C=C(C)/C(/C=C\C(C)=C(C)/C(Nc1cncc(C)n1)=C(/C)N)=N/C(=O)OC(C)(C)C. The normalized spacial score (nSPS) is 16.2. The van der Waals surface area contributed by atoms with Crippen LogP contribution in [-0.4, -0.2) is 27.4 Å². The van der Waals surface area contributed by atoms with Gasteiger partial charge in [-0.15, -0.1) is 0 Å². The first-order valence-electron chi connectivity index (χ1n) is 14.0. The molecule has 0 radical (unpaired) electrons. The molecule has 0 spiro atoms. The topological polar surface area (TPSA) is 102 Å². The van der Waals surface area contributed by atoms with Crippen LogP contribution in [0.1, 0.15) is 101 Å². The summed E-state index contributed by atoms with van der Waals surface area (Å²) in [6.45, 7) is 21.7. The molecule has 1 aromatic heterocycles. The number of nitrogens with two attached hydrogens (primary N) is 1. The monoisotopic (exact) mass is 537 g/mol. The minimum Gasteiger partial charge on any atom is -0.442 e. The fourth-order valence-corrected chi connectivity index (χ4v) is 3.82. The van der Waals surface area contributed by atoms with Gasteiger partial charge in [0.2, 0.25) is 0 Å². The Bertz CT molecular complexity index is 1110.